The van der Waals surface area contributed by atoms with Gasteiger partial charge in [0.2, 0.25) is 0 Å². The molecule has 3 nitrogen and oxygen atoms in total. The van der Waals surface area contributed by atoms with Crippen LogP contribution >= 0.6 is 15.9 Å². The van der Waals surface area contributed by atoms with Crippen LogP contribution in [0, 0.1) is 6.92 Å². The van der Waals surface area contributed by atoms with Gasteiger partial charge in [-0.05, 0) is 43.5 Å². The molecule has 1 aromatic rings. The van der Waals surface area contributed by atoms with Crippen molar-refractivity contribution >= 4 is 21.8 Å². The molecule has 1 fully saturated rings. The van der Waals surface area contributed by atoms with Crippen molar-refractivity contribution in [2.75, 3.05) is 7.05 Å². The Balaban J connectivity index is 2.15. The first-order valence-electron chi connectivity index (χ1n) is 6.71. The number of halogens is 1. The SMILES string of the molecule is Cc1cc(C(=O)N(C)C2CCCCC2Br)ccc1O. The molecule has 0 radical (unpaired) electrons. The topological polar surface area (TPSA) is 40.5 Å². The molecule has 4 heteroatoms. The Morgan fingerprint density at radius 1 is 1.37 bits per heavy atom. The van der Waals surface area contributed by atoms with E-state index in [1.807, 2.05) is 11.9 Å². The molecular formula is C15H20BrNO2. The molecule has 0 heterocycles. The van der Waals surface area contributed by atoms with Crippen LogP contribution in [0.15, 0.2) is 18.2 Å². The molecule has 0 aromatic heterocycles. The highest BCUT2D eigenvalue weighted by atomic mass is 79.9. The molecule has 0 aliphatic heterocycles. The molecule has 1 aromatic carbocycles. The van der Waals surface area contributed by atoms with Gasteiger partial charge in [0.25, 0.3) is 5.91 Å². The lowest BCUT2D eigenvalue weighted by Gasteiger charge is -2.35. The number of aromatic hydroxyl groups is 1. The van der Waals surface area contributed by atoms with E-state index in [0.29, 0.717) is 10.4 Å². The molecule has 2 unspecified atom stereocenters. The minimum Gasteiger partial charge on any atom is -0.508 e. The van der Waals surface area contributed by atoms with Gasteiger partial charge in [0.1, 0.15) is 5.75 Å². The van der Waals surface area contributed by atoms with Gasteiger partial charge in [-0.2, -0.15) is 0 Å². The Hall–Kier alpha value is -1.03. The third-order valence-electron chi connectivity index (χ3n) is 3.91. The molecule has 19 heavy (non-hydrogen) atoms. The predicted molar refractivity (Wildman–Crippen MR) is 79.9 cm³/mol. The summed E-state index contributed by atoms with van der Waals surface area (Å²) >= 11 is 3.69. The molecule has 2 rings (SSSR count). The van der Waals surface area contributed by atoms with Crippen LogP contribution in [0.25, 0.3) is 0 Å². The van der Waals surface area contributed by atoms with Gasteiger partial charge in [-0.3, -0.25) is 4.79 Å². The van der Waals surface area contributed by atoms with E-state index in [1.54, 1.807) is 25.1 Å². The zero-order valence-corrected chi connectivity index (χ0v) is 13.0. The highest BCUT2D eigenvalue weighted by Crippen LogP contribution is 2.29. The van der Waals surface area contributed by atoms with Crippen molar-refractivity contribution in [3.8, 4) is 5.75 Å². The number of phenols is 1. The third kappa shape index (κ3) is 3.11. The van der Waals surface area contributed by atoms with E-state index in [4.69, 9.17) is 0 Å². The van der Waals surface area contributed by atoms with Gasteiger partial charge in [-0.15, -0.1) is 0 Å². The molecule has 1 aliphatic carbocycles. The highest BCUT2D eigenvalue weighted by Gasteiger charge is 2.29. The maximum Gasteiger partial charge on any atom is 0.253 e. The second-order valence-corrected chi connectivity index (χ2v) is 6.46. The standard InChI is InChI=1S/C15H20BrNO2/c1-10-9-11(7-8-14(10)18)15(19)17(2)13-6-4-3-5-12(13)16/h7-9,12-13,18H,3-6H2,1-2H3. The van der Waals surface area contributed by atoms with Crippen molar-refractivity contribution in [2.45, 2.75) is 43.5 Å². The fraction of sp³-hybridized carbons (Fsp3) is 0.533. The van der Waals surface area contributed by atoms with Gasteiger partial charge >= 0.3 is 0 Å². The van der Waals surface area contributed by atoms with E-state index in [1.165, 1.54) is 12.8 Å². The molecule has 0 saturated heterocycles. The van der Waals surface area contributed by atoms with Crippen LogP contribution in [0.1, 0.15) is 41.6 Å². The van der Waals surface area contributed by atoms with Crippen molar-refractivity contribution in [1.82, 2.24) is 4.90 Å². The molecule has 0 bridgehead atoms. The summed E-state index contributed by atoms with van der Waals surface area (Å²) in [7, 11) is 1.87. The number of aryl methyl sites for hydroxylation is 1. The summed E-state index contributed by atoms with van der Waals surface area (Å²) in [6, 6.07) is 5.28. The number of benzene rings is 1. The van der Waals surface area contributed by atoms with Crippen molar-refractivity contribution in [3.63, 3.8) is 0 Å². The monoisotopic (exact) mass is 325 g/mol. The van der Waals surface area contributed by atoms with E-state index in [0.717, 1.165) is 18.4 Å². The van der Waals surface area contributed by atoms with Crippen LogP contribution in [0.2, 0.25) is 0 Å². The predicted octanol–water partition coefficient (Wildman–Crippen LogP) is 3.48. The molecule has 1 N–H and O–H groups in total. The molecular weight excluding hydrogens is 306 g/mol. The van der Waals surface area contributed by atoms with Crippen LogP contribution in [0.4, 0.5) is 0 Å². The molecule has 1 saturated carbocycles. The first kappa shape index (κ1) is 14.4. The van der Waals surface area contributed by atoms with Gasteiger partial charge in [0.05, 0.1) is 0 Å². The fourth-order valence-electron chi connectivity index (χ4n) is 2.65. The largest absolute Gasteiger partial charge is 0.508 e. The summed E-state index contributed by atoms with van der Waals surface area (Å²) in [5.41, 5.74) is 1.38. The van der Waals surface area contributed by atoms with E-state index in [2.05, 4.69) is 15.9 Å². The van der Waals surface area contributed by atoms with E-state index < -0.39 is 0 Å². The number of hydrogen-bond donors (Lipinski definition) is 1. The summed E-state index contributed by atoms with van der Waals surface area (Å²) in [5.74, 6) is 0.259. The van der Waals surface area contributed by atoms with Crippen molar-refractivity contribution in [1.29, 1.82) is 0 Å². The number of amides is 1. The highest BCUT2D eigenvalue weighted by molar-refractivity contribution is 9.09. The Morgan fingerprint density at radius 3 is 2.68 bits per heavy atom. The second kappa shape index (κ2) is 5.95. The van der Waals surface area contributed by atoms with Crippen LogP contribution in [0.5, 0.6) is 5.75 Å². The summed E-state index contributed by atoms with van der Waals surface area (Å²) < 4.78 is 0. The lowest BCUT2D eigenvalue weighted by Crippen LogP contribution is -2.44. The van der Waals surface area contributed by atoms with E-state index in [-0.39, 0.29) is 17.7 Å². The fourth-order valence-corrected chi connectivity index (χ4v) is 3.59. The molecule has 104 valence electrons. The van der Waals surface area contributed by atoms with Gasteiger partial charge in [0.15, 0.2) is 0 Å². The van der Waals surface area contributed by atoms with Crippen molar-refractivity contribution in [2.24, 2.45) is 0 Å². The van der Waals surface area contributed by atoms with E-state index >= 15 is 0 Å². The average Bonchev–Trinajstić information content (AvgIpc) is 2.41. The maximum absolute atomic E-state index is 12.5. The number of carbonyl (C=O) groups is 1. The van der Waals surface area contributed by atoms with Crippen LogP contribution in [-0.4, -0.2) is 33.8 Å². The van der Waals surface area contributed by atoms with Crippen LogP contribution < -0.4 is 0 Å². The van der Waals surface area contributed by atoms with Crippen molar-refractivity contribution in [3.05, 3.63) is 29.3 Å². The number of rotatable bonds is 2. The summed E-state index contributed by atoms with van der Waals surface area (Å²) in [6.45, 7) is 1.81. The number of carbonyl (C=O) groups excluding carboxylic acids is 1. The Morgan fingerprint density at radius 2 is 2.05 bits per heavy atom. The summed E-state index contributed by atoms with van der Waals surface area (Å²) in [4.78, 5) is 14.7. The van der Waals surface area contributed by atoms with Gasteiger partial charge in [-0.25, -0.2) is 0 Å². The Kier molecular flexibility index (Phi) is 4.50. The Bertz CT molecular complexity index is 475. The Labute approximate surface area is 122 Å². The molecule has 2 atom stereocenters. The lowest BCUT2D eigenvalue weighted by molar-refractivity contribution is 0.0704. The number of alkyl halides is 1. The molecule has 0 spiro atoms. The minimum atomic E-state index is 0.0273. The quantitative estimate of drug-likeness (QED) is 0.846. The zero-order valence-electron chi connectivity index (χ0n) is 11.4. The van der Waals surface area contributed by atoms with Crippen LogP contribution in [0.3, 0.4) is 0 Å². The minimum absolute atomic E-state index is 0.0273. The average molecular weight is 326 g/mol. The summed E-state index contributed by atoms with van der Waals surface area (Å²) in [6.07, 6.45) is 4.58. The third-order valence-corrected chi connectivity index (χ3v) is 4.98. The maximum atomic E-state index is 12.5. The zero-order chi connectivity index (χ0) is 14.0. The first-order chi connectivity index (χ1) is 9.00. The van der Waals surface area contributed by atoms with E-state index in [9.17, 15) is 9.90 Å². The number of phenolic OH excluding ortho intramolecular Hbond substituents is 1. The van der Waals surface area contributed by atoms with Gasteiger partial charge < -0.3 is 10.0 Å². The second-order valence-electron chi connectivity index (χ2n) is 5.29. The molecule has 1 aliphatic rings. The smallest absolute Gasteiger partial charge is 0.253 e. The number of nitrogens with zero attached hydrogens (tertiary/aromatic N) is 1. The number of hydrogen-bond acceptors (Lipinski definition) is 2. The van der Waals surface area contributed by atoms with Gasteiger partial charge in [0, 0.05) is 23.5 Å². The first-order valence-corrected chi connectivity index (χ1v) is 7.63. The lowest BCUT2D eigenvalue weighted by atomic mass is 9.94. The van der Waals surface area contributed by atoms with Crippen molar-refractivity contribution < 1.29 is 9.90 Å². The summed E-state index contributed by atoms with van der Waals surface area (Å²) in [5, 5.41) is 9.52. The molecule has 1 amide bonds. The van der Waals surface area contributed by atoms with Gasteiger partial charge in [-0.1, -0.05) is 28.8 Å². The van der Waals surface area contributed by atoms with Crippen LogP contribution in [-0.2, 0) is 0 Å². The normalized spacial score (nSPS) is 23.1.